The van der Waals surface area contributed by atoms with Crippen LogP contribution in [-0.2, 0) is 13.7 Å². The second-order valence-electron chi connectivity index (χ2n) is 7.61. The quantitative estimate of drug-likeness (QED) is 0.418. The zero-order chi connectivity index (χ0) is 22.1. The van der Waals surface area contributed by atoms with Crippen molar-refractivity contribution in [1.29, 1.82) is 0 Å². The molecule has 6 nitrogen and oxygen atoms in total. The van der Waals surface area contributed by atoms with Crippen molar-refractivity contribution in [3.05, 3.63) is 63.6 Å². The predicted molar refractivity (Wildman–Crippen MR) is 123 cm³/mol. The van der Waals surface area contributed by atoms with Crippen LogP contribution in [0.1, 0.15) is 17.3 Å². The van der Waals surface area contributed by atoms with E-state index in [1.807, 2.05) is 40.8 Å². The number of ketones is 1. The number of nitrogens with zero attached hydrogens (tertiary/aromatic N) is 5. The van der Waals surface area contributed by atoms with Gasteiger partial charge in [-0.05, 0) is 49.5 Å². The second-order valence-corrected chi connectivity index (χ2v) is 8.39. The predicted octanol–water partition coefficient (Wildman–Crippen LogP) is 4.39. The monoisotopic (exact) mass is 459 g/mol. The molecule has 9 heteroatoms. The van der Waals surface area contributed by atoms with Gasteiger partial charge in [0.1, 0.15) is 5.82 Å². The van der Waals surface area contributed by atoms with Crippen LogP contribution in [0, 0.1) is 10.6 Å². The van der Waals surface area contributed by atoms with Crippen LogP contribution in [-0.4, -0.2) is 51.2 Å². The number of anilines is 1. The summed E-state index contributed by atoms with van der Waals surface area (Å²) >= 11 is 11.9. The van der Waals surface area contributed by atoms with E-state index in [0.717, 1.165) is 24.5 Å². The van der Waals surface area contributed by atoms with Gasteiger partial charge >= 0.3 is 0 Å². The first-order chi connectivity index (χ1) is 14.8. The number of rotatable bonds is 5. The van der Waals surface area contributed by atoms with Crippen LogP contribution in [0.25, 0.3) is 11.4 Å². The standard InChI is InChI=1S/C22H23ClFN5OS/c1-15(30)16-7-8-20(19(24)13-16)28-11-9-27(10-12-28)14-29-22(31)26(2)21(25-29)17-5-3-4-6-18(17)23/h3-8,13H,9-12,14H2,1-2H3. The molecule has 4 rings (SSSR count). The molecule has 1 aliphatic rings. The van der Waals surface area contributed by atoms with Gasteiger partial charge in [-0.15, -0.1) is 0 Å². The molecule has 1 saturated heterocycles. The Labute approximate surface area is 190 Å². The highest BCUT2D eigenvalue weighted by Crippen LogP contribution is 2.26. The van der Waals surface area contributed by atoms with E-state index in [9.17, 15) is 9.18 Å². The lowest BCUT2D eigenvalue weighted by molar-refractivity contribution is 0.101. The van der Waals surface area contributed by atoms with Gasteiger partial charge in [-0.25, -0.2) is 9.07 Å². The first-order valence-electron chi connectivity index (χ1n) is 10.0. The number of carbonyl (C=O) groups is 1. The normalized spacial score (nSPS) is 14.8. The minimum Gasteiger partial charge on any atom is -0.367 e. The number of piperazine rings is 1. The van der Waals surface area contributed by atoms with Crippen molar-refractivity contribution in [2.24, 2.45) is 7.05 Å². The van der Waals surface area contributed by atoms with Crippen molar-refractivity contribution >= 4 is 35.3 Å². The van der Waals surface area contributed by atoms with Crippen LogP contribution in [0.3, 0.4) is 0 Å². The molecule has 1 aromatic heterocycles. The largest absolute Gasteiger partial charge is 0.367 e. The maximum absolute atomic E-state index is 14.5. The second kappa shape index (κ2) is 8.90. The maximum atomic E-state index is 14.5. The number of halogens is 2. The number of aromatic nitrogens is 3. The SMILES string of the molecule is CC(=O)c1ccc(N2CCN(Cn3nc(-c4ccccc4Cl)n(C)c3=S)CC2)c(F)c1. The molecule has 0 aliphatic carbocycles. The number of benzene rings is 2. The van der Waals surface area contributed by atoms with Crippen molar-refractivity contribution in [3.8, 4) is 11.4 Å². The summed E-state index contributed by atoms with van der Waals surface area (Å²) in [6, 6.07) is 12.2. The summed E-state index contributed by atoms with van der Waals surface area (Å²) in [7, 11) is 1.88. The average molecular weight is 460 g/mol. The van der Waals surface area contributed by atoms with Crippen molar-refractivity contribution in [3.63, 3.8) is 0 Å². The third kappa shape index (κ3) is 4.42. The highest BCUT2D eigenvalue weighted by molar-refractivity contribution is 7.71. The van der Waals surface area contributed by atoms with Crippen LogP contribution in [0.5, 0.6) is 0 Å². The molecule has 0 saturated carbocycles. The van der Waals surface area contributed by atoms with Crippen molar-refractivity contribution in [2.75, 3.05) is 31.1 Å². The fourth-order valence-corrected chi connectivity index (χ4v) is 4.16. The summed E-state index contributed by atoms with van der Waals surface area (Å²) in [6.07, 6.45) is 0. The summed E-state index contributed by atoms with van der Waals surface area (Å²) < 4.78 is 18.8. The summed E-state index contributed by atoms with van der Waals surface area (Å²) in [5.41, 5.74) is 1.75. The van der Waals surface area contributed by atoms with Gasteiger partial charge in [0, 0.05) is 44.4 Å². The highest BCUT2D eigenvalue weighted by atomic mass is 35.5. The molecule has 0 amide bonds. The molecule has 31 heavy (non-hydrogen) atoms. The Morgan fingerprint density at radius 3 is 2.52 bits per heavy atom. The van der Waals surface area contributed by atoms with E-state index < -0.39 is 0 Å². The summed E-state index contributed by atoms with van der Waals surface area (Å²) in [5.74, 6) is 0.220. The molecule has 2 aromatic carbocycles. The molecular formula is C22H23ClFN5OS. The molecular weight excluding hydrogens is 437 g/mol. The van der Waals surface area contributed by atoms with Gasteiger partial charge in [-0.1, -0.05) is 23.7 Å². The number of hydrogen-bond donors (Lipinski definition) is 0. The van der Waals surface area contributed by atoms with E-state index in [2.05, 4.69) is 4.90 Å². The molecule has 0 unspecified atom stereocenters. The Hall–Kier alpha value is -2.55. The third-order valence-corrected chi connectivity index (χ3v) is 6.37. The topological polar surface area (TPSA) is 46.3 Å². The van der Waals surface area contributed by atoms with Gasteiger partial charge < -0.3 is 9.47 Å². The fraction of sp³-hybridized carbons (Fsp3) is 0.318. The van der Waals surface area contributed by atoms with Gasteiger partial charge in [0.25, 0.3) is 0 Å². The molecule has 3 aromatic rings. The maximum Gasteiger partial charge on any atom is 0.199 e. The van der Waals surface area contributed by atoms with Gasteiger partial charge in [0.05, 0.1) is 17.4 Å². The first-order valence-corrected chi connectivity index (χ1v) is 10.8. The number of Topliss-reactive ketones (excluding diaryl/α,β-unsaturated/α-hetero) is 1. The molecule has 0 N–H and O–H groups in total. The van der Waals surface area contributed by atoms with E-state index in [1.165, 1.54) is 13.0 Å². The minimum atomic E-state index is -0.363. The molecule has 1 aliphatic heterocycles. The van der Waals surface area contributed by atoms with Gasteiger partial charge in [-0.3, -0.25) is 9.69 Å². The molecule has 2 heterocycles. The third-order valence-electron chi connectivity index (χ3n) is 5.56. The molecule has 0 spiro atoms. The summed E-state index contributed by atoms with van der Waals surface area (Å²) in [5, 5.41) is 5.32. The Kier molecular flexibility index (Phi) is 6.22. The van der Waals surface area contributed by atoms with E-state index >= 15 is 0 Å². The highest BCUT2D eigenvalue weighted by Gasteiger charge is 2.21. The number of carbonyl (C=O) groups excluding carboxylic acids is 1. The zero-order valence-electron chi connectivity index (χ0n) is 17.4. The lowest BCUT2D eigenvalue weighted by Gasteiger charge is -2.36. The average Bonchev–Trinajstić information content (AvgIpc) is 3.03. The van der Waals surface area contributed by atoms with E-state index in [0.29, 0.717) is 40.8 Å². The molecule has 0 radical (unpaired) electrons. The molecule has 0 atom stereocenters. The van der Waals surface area contributed by atoms with Crippen LogP contribution in [0.2, 0.25) is 5.02 Å². The van der Waals surface area contributed by atoms with Crippen molar-refractivity contribution in [1.82, 2.24) is 19.2 Å². The van der Waals surface area contributed by atoms with Gasteiger partial charge in [0.2, 0.25) is 0 Å². The van der Waals surface area contributed by atoms with Gasteiger partial charge in [0.15, 0.2) is 16.4 Å². The van der Waals surface area contributed by atoms with Crippen LogP contribution in [0.15, 0.2) is 42.5 Å². The summed E-state index contributed by atoms with van der Waals surface area (Å²) in [4.78, 5) is 15.7. The smallest absolute Gasteiger partial charge is 0.199 e. The molecule has 0 bridgehead atoms. The van der Waals surface area contributed by atoms with E-state index in [-0.39, 0.29) is 11.6 Å². The number of hydrogen-bond acceptors (Lipinski definition) is 5. The lowest BCUT2D eigenvalue weighted by atomic mass is 10.1. The van der Waals surface area contributed by atoms with E-state index in [1.54, 1.807) is 16.8 Å². The van der Waals surface area contributed by atoms with Gasteiger partial charge in [-0.2, -0.15) is 5.10 Å². The fourth-order valence-electron chi connectivity index (χ4n) is 3.76. The van der Waals surface area contributed by atoms with Crippen molar-refractivity contribution < 1.29 is 9.18 Å². The van der Waals surface area contributed by atoms with Crippen LogP contribution < -0.4 is 4.90 Å². The molecule has 162 valence electrons. The Balaban J connectivity index is 1.45. The van der Waals surface area contributed by atoms with E-state index in [4.69, 9.17) is 28.9 Å². The first kappa shape index (κ1) is 21.7. The zero-order valence-corrected chi connectivity index (χ0v) is 19.0. The lowest BCUT2D eigenvalue weighted by Crippen LogP contribution is -2.47. The Bertz CT molecular complexity index is 1180. The van der Waals surface area contributed by atoms with Crippen LogP contribution >= 0.6 is 23.8 Å². The Morgan fingerprint density at radius 2 is 1.87 bits per heavy atom. The van der Waals surface area contributed by atoms with Crippen molar-refractivity contribution in [2.45, 2.75) is 13.6 Å². The van der Waals surface area contributed by atoms with Crippen LogP contribution in [0.4, 0.5) is 10.1 Å². The molecule has 1 fully saturated rings. The Morgan fingerprint density at radius 1 is 1.16 bits per heavy atom. The summed E-state index contributed by atoms with van der Waals surface area (Å²) in [6.45, 7) is 4.83. The minimum absolute atomic E-state index is 0.140.